The number of ether oxygens (including phenoxy) is 2. The zero-order valence-electron chi connectivity index (χ0n) is 15.2. The quantitative estimate of drug-likeness (QED) is 0.658. The number of rotatable bonds is 5. The molecule has 0 saturated carbocycles. The fourth-order valence-corrected chi connectivity index (χ4v) is 5.07. The van der Waals surface area contributed by atoms with Gasteiger partial charge in [0.1, 0.15) is 11.5 Å². The van der Waals surface area contributed by atoms with E-state index in [2.05, 4.69) is 0 Å². The first-order valence-electron chi connectivity index (χ1n) is 8.58. The lowest BCUT2D eigenvalue weighted by Gasteiger charge is -2.26. The van der Waals surface area contributed by atoms with Gasteiger partial charge in [-0.1, -0.05) is 53.0 Å². The van der Waals surface area contributed by atoms with Gasteiger partial charge in [-0.05, 0) is 24.6 Å². The van der Waals surface area contributed by atoms with Gasteiger partial charge in [0.25, 0.3) is 0 Å². The van der Waals surface area contributed by atoms with Crippen molar-refractivity contribution in [3.8, 4) is 0 Å². The van der Waals surface area contributed by atoms with Crippen LogP contribution in [0.3, 0.4) is 0 Å². The summed E-state index contributed by atoms with van der Waals surface area (Å²) in [6.07, 6.45) is 0. The van der Waals surface area contributed by atoms with Gasteiger partial charge in [-0.2, -0.15) is 4.31 Å². The standard InChI is InChI=1S/C19H19Cl2NO5S/c1-13-3-2-4-14(9-13)12-27-19(23)15-10-18(17(21)11-16(15)20)28(24,25)22-5-7-26-8-6-22/h2-4,9-11H,5-8,12H2,1H3. The van der Waals surface area contributed by atoms with Crippen LogP contribution in [0.15, 0.2) is 41.3 Å². The van der Waals surface area contributed by atoms with Crippen molar-refractivity contribution < 1.29 is 22.7 Å². The number of nitrogens with zero attached hydrogens (tertiary/aromatic N) is 1. The highest BCUT2D eigenvalue weighted by Gasteiger charge is 2.30. The zero-order chi connectivity index (χ0) is 20.3. The van der Waals surface area contributed by atoms with Crippen LogP contribution in [0.2, 0.25) is 10.0 Å². The second-order valence-corrected chi connectivity index (χ2v) is 9.06. The summed E-state index contributed by atoms with van der Waals surface area (Å²) in [5.74, 6) is -0.721. The number of benzene rings is 2. The molecular weight excluding hydrogens is 425 g/mol. The monoisotopic (exact) mass is 443 g/mol. The van der Waals surface area contributed by atoms with Crippen LogP contribution in [0.25, 0.3) is 0 Å². The summed E-state index contributed by atoms with van der Waals surface area (Å²) in [5.41, 5.74) is 1.81. The van der Waals surface area contributed by atoms with Crippen molar-refractivity contribution in [2.24, 2.45) is 0 Å². The van der Waals surface area contributed by atoms with Crippen LogP contribution >= 0.6 is 23.2 Å². The summed E-state index contributed by atoms with van der Waals surface area (Å²) >= 11 is 12.3. The summed E-state index contributed by atoms with van der Waals surface area (Å²) in [5, 5.41) is -0.0214. The molecule has 2 aromatic rings. The molecule has 3 rings (SSSR count). The molecule has 0 atom stereocenters. The van der Waals surface area contributed by atoms with Gasteiger partial charge >= 0.3 is 5.97 Å². The van der Waals surface area contributed by atoms with E-state index in [9.17, 15) is 13.2 Å². The predicted octanol–water partition coefficient (Wildman–Crippen LogP) is 3.68. The van der Waals surface area contributed by atoms with E-state index in [1.807, 2.05) is 31.2 Å². The van der Waals surface area contributed by atoms with E-state index in [4.69, 9.17) is 32.7 Å². The Morgan fingerprint density at radius 1 is 1.14 bits per heavy atom. The Kier molecular flexibility index (Phi) is 6.62. The maximum Gasteiger partial charge on any atom is 0.340 e. The minimum Gasteiger partial charge on any atom is -0.457 e. The Labute approximate surface area is 174 Å². The molecule has 28 heavy (non-hydrogen) atoms. The average molecular weight is 444 g/mol. The molecule has 150 valence electrons. The van der Waals surface area contributed by atoms with Gasteiger partial charge in [0.15, 0.2) is 0 Å². The van der Waals surface area contributed by atoms with Crippen LogP contribution in [-0.2, 0) is 26.1 Å². The minimum absolute atomic E-state index is 0.0279. The number of sulfonamides is 1. The third-order valence-corrected chi connectivity index (χ3v) is 6.96. The van der Waals surface area contributed by atoms with Gasteiger partial charge in [-0.3, -0.25) is 0 Å². The molecule has 1 fully saturated rings. The second kappa shape index (κ2) is 8.80. The van der Waals surface area contributed by atoms with Crippen LogP contribution < -0.4 is 0 Å². The largest absolute Gasteiger partial charge is 0.457 e. The highest BCUT2D eigenvalue weighted by Crippen LogP contribution is 2.31. The first-order valence-corrected chi connectivity index (χ1v) is 10.8. The van der Waals surface area contributed by atoms with Crippen LogP contribution in [0.4, 0.5) is 0 Å². The number of carbonyl (C=O) groups is 1. The summed E-state index contributed by atoms with van der Waals surface area (Å²) in [6, 6.07) is 9.95. The Hall–Kier alpha value is -1.64. The van der Waals surface area contributed by atoms with E-state index in [1.54, 1.807) is 0 Å². The molecule has 0 bridgehead atoms. The smallest absolute Gasteiger partial charge is 0.340 e. The summed E-state index contributed by atoms with van der Waals surface area (Å²) in [4.78, 5) is 12.3. The van der Waals surface area contributed by atoms with Crippen LogP contribution in [0.5, 0.6) is 0 Å². The third kappa shape index (κ3) is 4.67. The molecule has 0 aliphatic carbocycles. The van der Waals surface area contributed by atoms with Gasteiger partial charge < -0.3 is 9.47 Å². The van der Waals surface area contributed by atoms with E-state index in [-0.39, 0.29) is 40.2 Å². The number of esters is 1. The van der Waals surface area contributed by atoms with Crippen molar-refractivity contribution >= 4 is 39.2 Å². The van der Waals surface area contributed by atoms with Gasteiger partial charge in [0.2, 0.25) is 10.0 Å². The van der Waals surface area contributed by atoms with Crippen molar-refractivity contribution in [3.63, 3.8) is 0 Å². The first-order chi connectivity index (χ1) is 13.3. The van der Waals surface area contributed by atoms with Crippen molar-refractivity contribution in [1.29, 1.82) is 0 Å². The third-order valence-electron chi connectivity index (χ3n) is 4.28. The van der Waals surface area contributed by atoms with Crippen molar-refractivity contribution in [1.82, 2.24) is 4.31 Å². The molecule has 0 aromatic heterocycles. The molecular formula is C19H19Cl2NO5S. The lowest BCUT2D eigenvalue weighted by Crippen LogP contribution is -2.40. The summed E-state index contributed by atoms with van der Waals surface area (Å²) in [6.45, 7) is 3.02. The van der Waals surface area contributed by atoms with Gasteiger partial charge in [0, 0.05) is 13.1 Å². The molecule has 2 aromatic carbocycles. The second-order valence-electron chi connectivity index (χ2n) is 6.34. The van der Waals surface area contributed by atoms with Crippen LogP contribution in [0, 0.1) is 6.92 Å². The van der Waals surface area contributed by atoms with Gasteiger partial charge in [0.05, 0.1) is 28.8 Å². The SMILES string of the molecule is Cc1cccc(COC(=O)c2cc(S(=O)(=O)N3CCOCC3)c(Cl)cc2Cl)c1. The topological polar surface area (TPSA) is 72.9 Å². The zero-order valence-corrected chi connectivity index (χ0v) is 17.5. The lowest BCUT2D eigenvalue weighted by atomic mass is 10.1. The highest BCUT2D eigenvalue weighted by molar-refractivity contribution is 7.89. The normalized spacial score (nSPS) is 15.4. The molecule has 1 aliphatic rings. The molecule has 9 heteroatoms. The Morgan fingerprint density at radius 2 is 1.86 bits per heavy atom. The molecule has 1 saturated heterocycles. The highest BCUT2D eigenvalue weighted by atomic mass is 35.5. The Morgan fingerprint density at radius 3 is 2.54 bits per heavy atom. The average Bonchev–Trinajstić information content (AvgIpc) is 2.67. The Bertz CT molecular complexity index is 988. The molecule has 0 radical (unpaired) electrons. The molecule has 0 spiro atoms. The lowest BCUT2D eigenvalue weighted by molar-refractivity contribution is 0.0472. The van der Waals surface area contributed by atoms with Gasteiger partial charge in [-0.25, -0.2) is 13.2 Å². The van der Waals surface area contributed by atoms with E-state index in [1.165, 1.54) is 16.4 Å². The van der Waals surface area contributed by atoms with E-state index in [0.717, 1.165) is 11.1 Å². The van der Waals surface area contributed by atoms with Crippen LogP contribution in [0.1, 0.15) is 21.5 Å². The van der Waals surface area contributed by atoms with E-state index in [0.29, 0.717) is 13.2 Å². The number of halogens is 2. The summed E-state index contributed by atoms with van der Waals surface area (Å²) < 4.78 is 37.6. The number of carbonyl (C=O) groups excluding carboxylic acids is 1. The fourth-order valence-electron chi connectivity index (χ4n) is 2.84. The van der Waals surface area contributed by atoms with Crippen molar-refractivity contribution in [3.05, 3.63) is 63.1 Å². The molecule has 6 nitrogen and oxygen atoms in total. The molecule has 0 N–H and O–H groups in total. The predicted molar refractivity (Wildman–Crippen MR) is 106 cm³/mol. The number of hydrogen-bond acceptors (Lipinski definition) is 5. The minimum atomic E-state index is -3.88. The maximum atomic E-state index is 12.9. The number of aryl methyl sites for hydroxylation is 1. The van der Waals surface area contributed by atoms with Crippen molar-refractivity contribution in [2.45, 2.75) is 18.4 Å². The molecule has 0 unspecified atom stereocenters. The molecule has 0 amide bonds. The Balaban J connectivity index is 1.85. The van der Waals surface area contributed by atoms with E-state index < -0.39 is 16.0 Å². The summed E-state index contributed by atoms with van der Waals surface area (Å²) in [7, 11) is -3.88. The van der Waals surface area contributed by atoms with Crippen molar-refractivity contribution in [2.75, 3.05) is 26.3 Å². The molecule has 1 aliphatic heterocycles. The van der Waals surface area contributed by atoms with E-state index >= 15 is 0 Å². The fraction of sp³-hybridized carbons (Fsp3) is 0.316. The van der Waals surface area contributed by atoms with Crippen LogP contribution in [-0.4, -0.2) is 45.0 Å². The number of hydrogen-bond donors (Lipinski definition) is 0. The maximum absolute atomic E-state index is 12.9. The molecule has 1 heterocycles. The van der Waals surface area contributed by atoms with Gasteiger partial charge in [-0.15, -0.1) is 0 Å². The number of morpholine rings is 1. The first kappa shape index (κ1) is 21.1.